The molecule has 0 aromatic heterocycles. The van der Waals surface area contributed by atoms with Gasteiger partial charge in [0.2, 0.25) is 0 Å². The summed E-state index contributed by atoms with van der Waals surface area (Å²) >= 11 is 9.01. The van der Waals surface area contributed by atoms with Crippen LogP contribution in [0, 0.1) is 5.82 Å². The second kappa shape index (κ2) is 5.81. The summed E-state index contributed by atoms with van der Waals surface area (Å²) in [6.07, 6.45) is 0.652. The van der Waals surface area contributed by atoms with Crippen molar-refractivity contribution in [3.05, 3.63) is 33.0 Å². The van der Waals surface area contributed by atoms with Crippen LogP contribution in [-0.2, 0) is 6.42 Å². The molecule has 74 valence electrons. The van der Waals surface area contributed by atoms with Crippen molar-refractivity contribution in [2.45, 2.75) is 6.42 Å². The summed E-state index contributed by atoms with van der Waals surface area (Å²) in [6.45, 7) is 0.504. The third kappa shape index (κ3) is 3.43. The van der Waals surface area contributed by atoms with Crippen LogP contribution in [0.1, 0.15) is 5.56 Å². The van der Waals surface area contributed by atoms with Crippen molar-refractivity contribution in [3.8, 4) is 0 Å². The Morgan fingerprint density at radius 1 is 1.46 bits per heavy atom. The zero-order valence-electron chi connectivity index (χ0n) is 6.69. The maximum atomic E-state index is 12.7. The van der Waals surface area contributed by atoms with Crippen molar-refractivity contribution in [3.63, 3.8) is 0 Å². The molecule has 0 atom stereocenters. The first kappa shape index (κ1) is 13.2. The summed E-state index contributed by atoms with van der Waals surface area (Å²) in [5.74, 6) is -0.340. The lowest BCUT2D eigenvalue weighted by Crippen LogP contribution is -2.04. The van der Waals surface area contributed by atoms with Gasteiger partial charge in [-0.15, -0.1) is 12.4 Å². The lowest BCUT2D eigenvalue weighted by Gasteiger charge is -2.05. The van der Waals surface area contributed by atoms with Crippen LogP contribution in [-0.4, -0.2) is 6.54 Å². The number of hydrogen-bond donors (Lipinski definition) is 1. The number of halogens is 4. The molecular formula is C8H9BrCl2FN. The first-order valence-electron chi connectivity index (χ1n) is 3.48. The molecule has 0 aliphatic rings. The van der Waals surface area contributed by atoms with E-state index in [0.29, 0.717) is 22.5 Å². The Labute approximate surface area is 96.0 Å². The fraction of sp³-hybridized carbons (Fsp3) is 0.250. The summed E-state index contributed by atoms with van der Waals surface area (Å²) in [7, 11) is 0. The highest BCUT2D eigenvalue weighted by Crippen LogP contribution is 2.26. The fourth-order valence-corrected chi connectivity index (χ4v) is 2.00. The van der Waals surface area contributed by atoms with Crippen LogP contribution >= 0.6 is 39.9 Å². The molecule has 5 heteroatoms. The number of rotatable bonds is 2. The molecule has 0 saturated carbocycles. The zero-order chi connectivity index (χ0) is 9.14. The van der Waals surface area contributed by atoms with Crippen LogP contribution in [0.3, 0.4) is 0 Å². The monoisotopic (exact) mass is 287 g/mol. The summed E-state index contributed by atoms with van der Waals surface area (Å²) in [5.41, 5.74) is 6.22. The Balaban J connectivity index is 0.00000144. The van der Waals surface area contributed by atoms with Gasteiger partial charge in [-0.2, -0.15) is 0 Å². The van der Waals surface area contributed by atoms with Crippen LogP contribution in [0.4, 0.5) is 4.39 Å². The molecule has 0 heterocycles. The summed E-state index contributed by atoms with van der Waals surface area (Å²) in [5, 5.41) is 0.423. The van der Waals surface area contributed by atoms with Gasteiger partial charge in [-0.25, -0.2) is 4.39 Å². The number of hydrogen-bond acceptors (Lipinski definition) is 1. The molecule has 0 unspecified atom stereocenters. The summed E-state index contributed by atoms with van der Waals surface area (Å²) in [6, 6.07) is 2.67. The van der Waals surface area contributed by atoms with Gasteiger partial charge in [0.05, 0.1) is 0 Å². The minimum absolute atomic E-state index is 0. The Kier molecular flexibility index (Phi) is 5.88. The van der Waals surface area contributed by atoms with Crippen LogP contribution in [0.15, 0.2) is 16.6 Å². The van der Waals surface area contributed by atoms with Gasteiger partial charge in [-0.1, -0.05) is 27.5 Å². The molecule has 0 bridgehead atoms. The number of nitrogens with two attached hydrogens (primary N) is 1. The quantitative estimate of drug-likeness (QED) is 0.889. The number of benzene rings is 1. The molecule has 0 aliphatic carbocycles. The van der Waals surface area contributed by atoms with E-state index in [-0.39, 0.29) is 18.2 Å². The Hall–Kier alpha value is 0.170. The van der Waals surface area contributed by atoms with E-state index >= 15 is 0 Å². The topological polar surface area (TPSA) is 26.0 Å². The lowest BCUT2D eigenvalue weighted by molar-refractivity contribution is 0.626. The smallest absolute Gasteiger partial charge is 0.125 e. The van der Waals surface area contributed by atoms with E-state index in [2.05, 4.69) is 15.9 Å². The molecular weight excluding hydrogens is 280 g/mol. The van der Waals surface area contributed by atoms with E-state index in [9.17, 15) is 4.39 Å². The summed E-state index contributed by atoms with van der Waals surface area (Å²) < 4.78 is 13.4. The van der Waals surface area contributed by atoms with Gasteiger partial charge >= 0.3 is 0 Å². The molecule has 0 fully saturated rings. The van der Waals surface area contributed by atoms with E-state index < -0.39 is 0 Å². The third-order valence-electron chi connectivity index (χ3n) is 1.50. The predicted molar refractivity (Wildman–Crippen MR) is 59.1 cm³/mol. The van der Waals surface area contributed by atoms with Gasteiger partial charge in [-0.05, 0) is 30.7 Å². The van der Waals surface area contributed by atoms with E-state index in [0.717, 1.165) is 5.56 Å². The Bertz CT molecular complexity index is 270. The molecule has 2 N–H and O–H groups in total. The highest BCUT2D eigenvalue weighted by molar-refractivity contribution is 9.10. The first-order valence-corrected chi connectivity index (χ1v) is 4.65. The molecule has 0 radical (unpaired) electrons. The van der Waals surface area contributed by atoms with Crippen molar-refractivity contribution in [2.75, 3.05) is 6.54 Å². The van der Waals surface area contributed by atoms with Crippen molar-refractivity contribution < 1.29 is 4.39 Å². The normalized spacial score (nSPS) is 9.54. The van der Waals surface area contributed by atoms with Gasteiger partial charge in [0.25, 0.3) is 0 Å². The standard InChI is InChI=1S/C8H8BrClFN.ClH/c9-7-3-5(11)4-8(10)6(7)1-2-12;/h3-4H,1-2,12H2;1H. The van der Waals surface area contributed by atoms with Gasteiger partial charge in [0.15, 0.2) is 0 Å². The van der Waals surface area contributed by atoms with Crippen LogP contribution < -0.4 is 5.73 Å². The van der Waals surface area contributed by atoms with Crippen LogP contribution in [0.2, 0.25) is 5.02 Å². The maximum absolute atomic E-state index is 12.7. The molecule has 1 rings (SSSR count). The van der Waals surface area contributed by atoms with Crippen molar-refractivity contribution >= 4 is 39.9 Å². The Morgan fingerprint density at radius 2 is 2.08 bits per heavy atom. The molecule has 13 heavy (non-hydrogen) atoms. The molecule has 1 aromatic carbocycles. The van der Waals surface area contributed by atoms with Crippen molar-refractivity contribution in [1.82, 2.24) is 0 Å². The second-order valence-electron chi connectivity index (χ2n) is 2.39. The van der Waals surface area contributed by atoms with Gasteiger partial charge in [0.1, 0.15) is 5.82 Å². The fourth-order valence-electron chi connectivity index (χ4n) is 0.955. The predicted octanol–water partition coefficient (Wildman–Crippen LogP) is 3.16. The first-order chi connectivity index (χ1) is 5.65. The molecule has 0 spiro atoms. The maximum Gasteiger partial charge on any atom is 0.125 e. The van der Waals surface area contributed by atoms with Gasteiger partial charge in [0, 0.05) is 9.50 Å². The van der Waals surface area contributed by atoms with Crippen molar-refractivity contribution in [2.24, 2.45) is 5.73 Å². The van der Waals surface area contributed by atoms with Crippen LogP contribution in [0.5, 0.6) is 0 Å². The van der Waals surface area contributed by atoms with E-state index in [1.165, 1.54) is 12.1 Å². The van der Waals surface area contributed by atoms with Crippen molar-refractivity contribution in [1.29, 1.82) is 0 Å². The van der Waals surface area contributed by atoms with Crippen LogP contribution in [0.25, 0.3) is 0 Å². The van der Waals surface area contributed by atoms with E-state index in [4.69, 9.17) is 17.3 Å². The Morgan fingerprint density at radius 3 is 2.54 bits per heavy atom. The molecule has 1 aromatic rings. The largest absolute Gasteiger partial charge is 0.330 e. The third-order valence-corrected chi connectivity index (χ3v) is 2.54. The average molecular weight is 289 g/mol. The molecule has 0 aliphatic heterocycles. The lowest BCUT2D eigenvalue weighted by atomic mass is 10.1. The van der Waals surface area contributed by atoms with E-state index in [1.807, 2.05) is 0 Å². The van der Waals surface area contributed by atoms with E-state index in [1.54, 1.807) is 0 Å². The average Bonchev–Trinajstić information content (AvgIpc) is 1.96. The highest BCUT2D eigenvalue weighted by atomic mass is 79.9. The molecule has 1 nitrogen and oxygen atoms in total. The minimum Gasteiger partial charge on any atom is -0.330 e. The second-order valence-corrected chi connectivity index (χ2v) is 3.65. The van der Waals surface area contributed by atoms with Gasteiger partial charge in [-0.3, -0.25) is 0 Å². The van der Waals surface area contributed by atoms with Gasteiger partial charge < -0.3 is 5.73 Å². The zero-order valence-corrected chi connectivity index (χ0v) is 9.85. The summed E-state index contributed by atoms with van der Waals surface area (Å²) in [4.78, 5) is 0. The molecule has 0 saturated heterocycles. The molecule has 0 amide bonds. The highest BCUT2D eigenvalue weighted by Gasteiger charge is 2.06. The minimum atomic E-state index is -0.340. The SMILES string of the molecule is Cl.NCCc1c(Cl)cc(F)cc1Br.